The molecular weight excluding hydrogens is 375 g/mol. The highest BCUT2D eigenvalue weighted by Gasteiger charge is 2.36. The van der Waals surface area contributed by atoms with E-state index in [-0.39, 0.29) is 5.91 Å². The molecule has 0 spiro atoms. The number of likely N-dealkylation sites (N-methyl/N-ethyl adjacent to an activating group) is 1. The zero-order valence-electron chi connectivity index (χ0n) is 15.9. The molecule has 8 heteroatoms. The van der Waals surface area contributed by atoms with Gasteiger partial charge < -0.3 is 15.1 Å². The molecular formula is C19H24F3N3OS. The summed E-state index contributed by atoms with van der Waals surface area (Å²) in [5.74, 6) is -0.143. The van der Waals surface area contributed by atoms with Gasteiger partial charge in [-0.2, -0.15) is 13.2 Å². The lowest BCUT2D eigenvalue weighted by atomic mass is 9.93. The number of carbonyl (C=O) groups is 1. The fourth-order valence-corrected chi connectivity index (χ4v) is 3.62. The second-order valence-corrected chi connectivity index (χ2v) is 6.61. The van der Waals surface area contributed by atoms with Gasteiger partial charge in [-0.15, -0.1) is 0 Å². The molecule has 0 aliphatic carbocycles. The van der Waals surface area contributed by atoms with Crippen LogP contribution in [0.3, 0.4) is 0 Å². The van der Waals surface area contributed by atoms with Crippen molar-refractivity contribution in [3.63, 3.8) is 0 Å². The Morgan fingerprint density at radius 1 is 1.19 bits per heavy atom. The van der Waals surface area contributed by atoms with E-state index in [9.17, 15) is 18.0 Å². The molecule has 0 aromatic heterocycles. The lowest BCUT2D eigenvalue weighted by Crippen LogP contribution is -2.49. The molecule has 27 heavy (non-hydrogen) atoms. The Hall–Kier alpha value is -2.09. The molecule has 0 fully saturated rings. The number of amides is 1. The Balaban J connectivity index is 2.53. The maximum absolute atomic E-state index is 13.1. The van der Waals surface area contributed by atoms with Gasteiger partial charge in [0.25, 0.3) is 5.91 Å². The number of hydrogen-bond acceptors (Lipinski definition) is 2. The van der Waals surface area contributed by atoms with Crippen LogP contribution in [-0.2, 0) is 11.0 Å². The maximum atomic E-state index is 13.1. The summed E-state index contributed by atoms with van der Waals surface area (Å²) in [6.07, 6.45) is -4.40. The average molecular weight is 399 g/mol. The summed E-state index contributed by atoms with van der Waals surface area (Å²) in [7, 11) is 0. The largest absolute Gasteiger partial charge is 0.416 e. The Kier molecular flexibility index (Phi) is 6.51. The Morgan fingerprint density at radius 2 is 1.74 bits per heavy atom. The monoisotopic (exact) mass is 399 g/mol. The highest BCUT2D eigenvalue weighted by atomic mass is 32.1. The molecule has 1 N–H and O–H groups in total. The third-order valence-electron chi connectivity index (χ3n) is 4.76. The van der Waals surface area contributed by atoms with Gasteiger partial charge in [-0.3, -0.25) is 4.79 Å². The predicted octanol–water partition coefficient (Wildman–Crippen LogP) is 4.10. The lowest BCUT2D eigenvalue weighted by molar-refractivity contribution is -0.137. The van der Waals surface area contributed by atoms with Crippen molar-refractivity contribution >= 4 is 23.2 Å². The summed E-state index contributed by atoms with van der Waals surface area (Å²) in [5.41, 5.74) is 1.07. The van der Waals surface area contributed by atoms with Crippen molar-refractivity contribution in [1.82, 2.24) is 15.1 Å². The van der Waals surface area contributed by atoms with Gasteiger partial charge in [0.15, 0.2) is 5.11 Å². The van der Waals surface area contributed by atoms with E-state index in [0.29, 0.717) is 35.9 Å². The average Bonchev–Trinajstić information content (AvgIpc) is 2.62. The Labute approximate surface area is 163 Å². The molecule has 1 atom stereocenters. The summed E-state index contributed by atoms with van der Waals surface area (Å²) in [5, 5.41) is 3.58. The molecule has 0 saturated carbocycles. The molecule has 0 saturated heterocycles. The van der Waals surface area contributed by atoms with Crippen LogP contribution in [0.1, 0.15) is 44.9 Å². The van der Waals surface area contributed by atoms with Gasteiger partial charge in [0, 0.05) is 25.3 Å². The SMILES string of the molecule is CCN(CC)C(=O)C1=C(C)N(CC)C(=S)NC1c1ccc(C(F)(F)F)cc1. The lowest BCUT2D eigenvalue weighted by Gasteiger charge is -2.38. The van der Waals surface area contributed by atoms with Gasteiger partial charge in [-0.1, -0.05) is 12.1 Å². The number of halogens is 3. The first-order valence-corrected chi connectivity index (χ1v) is 9.31. The standard InChI is InChI=1S/C19H24F3N3OS/c1-5-24(6-2)17(26)15-12(4)25(7-3)18(27)23-16(15)13-8-10-14(11-9-13)19(20,21)22/h8-11,16H,5-7H2,1-4H3,(H,23,27). The van der Waals surface area contributed by atoms with Crippen molar-refractivity contribution in [3.05, 3.63) is 46.7 Å². The van der Waals surface area contributed by atoms with Crippen LogP contribution >= 0.6 is 12.2 Å². The highest BCUT2D eigenvalue weighted by Crippen LogP contribution is 2.34. The number of alkyl halides is 3. The first-order chi connectivity index (χ1) is 12.6. The van der Waals surface area contributed by atoms with Crippen molar-refractivity contribution in [1.29, 1.82) is 0 Å². The number of nitrogens with one attached hydrogen (secondary N) is 1. The van der Waals surface area contributed by atoms with Crippen LogP contribution in [0.2, 0.25) is 0 Å². The first kappa shape index (κ1) is 21.2. The van der Waals surface area contributed by atoms with Crippen LogP contribution in [-0.4, -0.2) is 40.5 Å². The molecule has 1 aliphatic heterocycles. The fourth-order valence-electron chi connectivity index (χ4n) is 3.23. The van der Waals surface area contributed by atoms with Gasteiger partial charge in [-0.05, 0) is 57.6 Å². The molecule has 1 amide bonds. The quantitative estimate of drug-likeness (QED) is 0.757. The third kappa shape index (κ3) is 4.26. The van der Waals surface area contributed by atoms with E-state index in [1.165, 1.54) is 12.1 Å². The van der Waals surface area contributed by atoms with Crippen molar-refractivity contribution in [2.75, 3.05) is 19.6 Å². The molecule has 1 aromatic rings. The summed E-state index contributed by atoms with van der Waals surface area (Å²) < 4.78 is 38.6. The van der Waals surface area contributed by atoms with Crippen LogP contribution in [0.15, 0.2) is 35.5 Å². The van der Waals surface area contributed by atoms with Crippen LogP contribution in [0.25, 0.3) is 0 Å². The van der Waals surface area contributed by atoms with E-state index >= 15 is 0 Å². The smallest absolute Gasteiger partial charge is 0.351 e. The van der Waals surface area contributed by atoms with Crippen LogP contribution in [0.5, 0.6) is 0 Å². The maximum Gasteiger partial charge on any atom is 0.416 e. The van der Waals surface area contributed by atoms with Crippen molar-refractivity contribution in [2.45, 2.75) is 39.9 Å². The molecule has 0 radical (unpaired) electrons. The molecule has 0 bridgehead atoms. The van der Waals surface area contributed by atoms with E-state index in [2.05, 4.69) is 5.32 Å². The van der Waals surface area contributed by atoms with Crippen molar-refractivity contribution in [3.8, 4) is 0 Å². The second kappa shape index (κ2) is 8.29. The molecule has 2 rings (SSSR count). The van der Waals surface area contributed by atoms with E-state index in [4.69, 9.17) is 12.2 Å². The van der Waals surface area contributed by atoms with Crippen molar-refractivity contribution < 1.29 is 18.0 Å². The van der Waals surface area contributed by atoms with Crippen LogP contribution < -0.4 is 5.32 Å². The number of nitrogens with zero attached hydrogens (tertiary/aromatic N) is 2. The van der Waals surface area contributed by atoms with E-state index in [0.717, 1.165) is 17.8 Å². The minimum absolute atomic E-state index is 0.143. The fraction of sp³-hybridized carbons (Fsp3) is 0.474. The summed E-state index contributed by atoms with van der Waals surface area (Å²) in [6.45, 7) is 9.21. The van der Waals surface area contributed by atoms with Gasteiger partial charge in [0.1, 0.15) is 0 Å². The normalized spacial score (nSPS) is 17.8. The number of hydrogen-bond donors (Lipinski definition) is 1. The third-order valence-corrected chi connectivity index (χ3v) is 5.10. The van der Waals surface area contributed by atoms with Gasteiger partial charge in [0.05, 0.1) is 17.2 Å². The molecule has 1 aromatic carbocycles. The van der Waals surface area contributed by atoms with Crippen LogP contribution in [0.4, 0.5) is 13.2 Å². The van der Waals surface area contributed by atoms with Crippen LogP contribution in [0, 0.1) is 0 Å². The predicted molar refractivity (Wildman–Crippen MR) is 103 cm³/mol. The topological polar surface area (TPSA) is 35.6 Å². The Morgan fingerprint density at radius 3 is 2.19 bits per heavy atom. The zero-order valence-corrected chi connectivity index (χ0v) is 16.7. The van der Waals surface area contributed by atoms with Gasteiger partial charge in [-0.25, -0.2) is 0 Å². The number of thiocarbonyl (C=S) groups is 1. The van der Waals surface area contributed by atoms with E-state index in [1.807, 2.05) is 32.6 Å². The molecule has 4 nitrogen and oxygen atoms in total. The van der Waals surface area contributed by atoms with Crippen molar-refractivity contribution in [2.24, 2.45) is 0 Å². The minimum atomic E-state index is -4.40. The number of benzene rings is 1. The Bertz CT molecular complexity index is 740. The first-order valence-electron chi connectivity index (χ1n) is 8.90. The molecule has 148 valence electrons. The summed E-state index contributed by atoms with van der Waals surface area (Å²) in [4.78, 5) is 16.6. The van der Waals surface area contributed by atoms with Gasteiger partial charge in [0.2, 0.25) is 0 Å². The molecule has 1 aliphatic rings. The van der Waals surface area contributed by atoms with E-state index in [1.54, 1.807) is 4.90 Å². The number of carbonyl (C=O) groups excluding carboxylic acids is 1. The number of rotatable bonds is 5. The number of allylic oxidation sites excluding steroid dienone is 1. The summed E-state index contributed by atoms with van der Waals surface area (Å²) in [6, 6.07) is 4.26. The van der Waals surface area contributed by atoms with Gasteiger partial charge >= 0.3 is 6.18 Å². The minimum Gasteiger partial charge on any atom is -0.351 e. The molecule has 1 heterocycles. The highest BCUT2D eigenvalue weighted by molar-refractivity contribution is 7.80. The zero-order chi connectivity index (χ0) is 20.4. The summed E-state index contributed by atoms with van der Waals surface area (Å²) >= 11 is 5.40. The second-order valence-electron chi connectivity index (χ2n) is 6.22. The molecule has 1 unspecified atom stereocenters. The van der Waals surface area contributed by atoms with E-state index < -0.39 is 17.8 Å².